The summed E-state index contributed by atoms with van der Waals surface area (Å²) in [5.41, 5.74) is 1.86. The minimum absolute atomic E-state index is 0.0804. The summed E-state index contributed by atoms with van der Waals surface area (Å²) in [5.74, 6) is 0.715. The monoisotopic (exact) mass is 473 g/mol. The molecule has 0 spiro atoms. The second kappa shape index (κ2) is 9.44. The van der Waals surface area contributed by atoms with Gasteiger partial charge in [0.15, 0.2) is 0 Å². The molecule has 1 amide bonds. The lowest BCUT2D eigenvalue weighted by atomic mass is 10.2. The van der Waals surface area contributed by atoms with Crippen LogP contribution < -0.4 is 10.1 Å². The van der Waals surface area contributed by atoms with Gasteiger partial charge in [-0.15, -0.1) is 0 Å². The normalized spacial score (nSPS) is 10.5. The van der Waals surface area contributed by atoms with E-state index in [1.54, 1.807) is 12.1 Å². The Labute approximate surface area is 164 Å². The minimum Gasteiger partial charge on any atom is -0.492 e. The van der Waals surface area contributed by atoms with Crippen LogP contribution in [0.4, 0.5) is 5.69 Å². The van der Waals surface area contributed by atoms with Crippen LogP contribution in [0.25, 0.3) is 0 Å². The summed E-state index contributed by atoms with van der Waals surface area (Å²) in [6.45, 7) is 2.59. The number of nitrogens with one attached hydrogen (secondary N) is 1. The van der Waals surface area contributed by atoms with Crippen molar-refractivity contribution < 1.29 is 9.53 Å². The first-order valence-electron chi connectivity index (χ1n) is 7.65. The number of amides is 1. The Bertz CT molecular complexity index is 722. The molecule has 2 rings (SSSR count). The molecule has 0 fully saturated rings. The Kier molecular flexibility index (Phi) is 7.59. The third kappa shape index (κ3) is 5.80. The molecule has 24 heavy (non-hydrogen) atoms. The Hall–Kier alpha value is -1.04. The predicted molar refractivity (Wildman–Crippen MR) is 106 cm³/mol. The summed E-state index contributed by atoms with van der Waals surface area (Å²) in [4.78, 5) is 12.0. The SMILES string of the molecule is CCc1ccc(OCCCC(=O)Nc2ccc(Br)cc2Cl)c(Br)c1. The second-order valence-electron chi connectivity index (χ2n) is 5.24. The number of hydrogen-bond acceptors (Lipinski definition) is 2. The second-order valence-corrected chi connectivity index (χ2v) is 7.42. The zero-order chi connectivity index (χ0) is 17.5. The number of hydrogen-bond donors (Lipinski definition) is 1. The number of ether oxygens (including phenoxy) is 1. The van der Waals surface area contributed by atoms with Gasteiger partial charge in [-0.05, 0) is 64.7 Å². The molecular formula is C18H18Br2ClNO2. The maximum Gasteiger partial charge on any atom is 0.224 e. The summed E-state index contributed by atoms with van der Waals surface area (Å²) in [5, 5.41) is 3.31. The molecule has 0 bridgehead atoms. The van der Waals surface area contributed by atoms with Gasteiger partial charge in [-0.25, -0.2) is 0 Å². The number of benzene rings is 2. The highest BCUT2D eigenvalue weighted by Gasteiger charge is 2.07. The van der Waals surface area contributed by atoms with Crippen LogP contribution >= 0.6 is 43.5 Å². The first kappa shape index (κ1) is 19.3. The molecule has 0 aromatic heterocycles. The average molecular weight is 476 g/mol. The molecule has 0 atom stereocenters. The van der Waals surface area contributed by atoms with Crippen molar-refractivity contribution in [3.05, 3.63) is 55.9 Å². The highest BCUT2D eigenvalue weighted by Crippen LogP contribution is 2.27. The summed E-state index contributed by atoms with van der Waals surface area (Å²) in [7, 11) is 0. The van der Waals surface area contributed by atoms with E-state index in [1.807, 2.05) is 18.2 Å². The smallest absolute Gasteiger partial charge is 0.224 e. The van der Waals surface area contributed by atoms with E-state index in [9.17, 15) is 4.79 Å². The summed E-state index contributed by atoms with van der Waals surface area (Å²) in [6.07, 6.45) is 1.98. The van der Waals surface area contributed by atoms with Gasteiger partial charge in [0.2, 0.25) is 5.91 Å². The molecular weight excluding hydrogens is 457 g/mol. The molecule has 0 heterocycles. The maximum atomic E-state index is 12.0. The summed E-state index contributed by atoms with van der Waals surface area (Å²) >= 11 is 12.9. The molecule has 2 aromatic carbocycles. The lowest BCUT2D eigenvalue weighted by molar-refractivity contribution is -0.116. The predicted octanol–water partition coefficient (Wildman–Crippen LogP) is 6.23. The third-order valence-electron chi connectivity index (χ3n) is 3.42. The zero-order valence-corrected chi connectivity index (χ0v) is 17.2. The number of aryl methyl sites for hydroxylation is 1. The first-order chi connectivity index (χ1) is 11.5. The number of rotatable bonds is 7. The zero-order valence-electron chi connectivity index (χ0n) is 13.2. The minimum atomic E-state index is -0.0804. The fraction of sp³-hybridized carbons (Fsp3) is 0.278. The fourth-order valence-electron chi connectivity index (χ4n) is 2.10. The van der Waals surface area contributed by atoms with Crippen molar-refractivity contribution in [2.45, 2.75) is 26.2 Å². The Morgan fingerprint density at radius 1 is 1.21 bits per heavy atom. The van der Waals surface area contributed by atoms with Crippen LogP contribution in [0.15, 0.2) is 45.3 Å². The van der Waals surface area contributed by atoms with Gasteiger partial charge >= 0.3 is 0 Å². The Morgan fingerprint density at radius 2 is 2.00 bits per heavy atom. The van der Waals surface area contributed by atoms with E-state index in [2.05, 4.69) is 50.2 Å². The topological polar surface area (TPSA) is 38.3 Å². The van der Waals surface area contributed by atoms with Crippen LogP contribution in [0.5, 0.6) is 5.75 Å². The number of anilines is 1. The van der Waals surface area contributed by atoms with Crippen LogP contribution in [0.3, 0.4) is 0 Å². The van der Waals surface area contributed by atoms with Gasteiger partial charge in [0.1, 0.15) is 5.75 Å². The van der Waals surface area contributed by atoms with Gasteiger partial charge in [-0.2, -0.15) is 0 Å². The molecule has 0 saturated carbocycles. The van der Waals surface area contributed by atoms with Crippen LogP contribution in [0.2, 0.25) is 5.02 Å². The molecule has 0 aliphatic carbocycles. The molecule has 0 aliphatic heterocycles. The molecule has 128 valence electrons. The van der Waals surface area contributed by atoms with E-state index in [-0.39, 0.29) is 5.91 Å². The highest BCUT2D eigenvalue weighted by molar-refractivity contribution is 9.10. The van der Waals surface area contributed by atoms with Crippen molar-refractivity contribution >= 4 is 55.1 Å². The van der Waals surface area contributed by atoms with Gasteiger partial charge in [-0.3, -0.25) is 4.79 Å². The lowest BCUT2D eigenvalue weighted by Gasteiger charge is -2.10. The largest absolute Gasteiger partial charge is 0.492 e. The van der Waals surface area contributed by atoms with Gasteiger partial charge in [0, 0.05) is 10.9 Å². The first-order valence-corrected chi connectivity index (χ1v) is 9.62. The summed E-state index contributed by atoms with van der Waals surface area (Å²) < 4.78 is 7.53. The molecule has 0 saturated heterocycles. The van der Waals surface area contributed by atoms with E-state index >= 15 is 0 Å². The van der Waals surface area contributed by atoms with Crippen molar-refractivity contribution in [3.8, 4) is 5.75 Å². The summed E-state index contributed by atoms with van der Waals surface area (Å²) in [6, 6.07) is 11.4. The van der Waals surface area contributed by atoms with Crippen molar-refractivity contribution in [2.75, 3.05) is 11.9 Å². The van der Waals surface area contributed by atoms with Crippen molar-refractivity contribution in [2.24, 2.45) is 0 Å². The standard InChI is InChI=1S/C18H18Br2ClNO2/c1-2-12-5-8-17(14(20)10-12)24-9-3-4-18(23)22-16-7-6-13(19)11-15(16)21/h5-8,10-11H,2-4,9H2,1H3,(H,22,23). The Morgan fingerprint density at radius 3 is 2.67 bits per heavy atom. The quantitative estimate of drug-likeness (QED) is 0.483. The van der Waals surface area contributed by atoms with Crippen LogP contribution in [0, 0.1) is 0 Å². The van der Waals surface area contributed by atoms with Crippen molar-refractivity contribution in [1.82, 2.24) is 0 Å². The van der Waals surface area contributed by atoms with Gasteiger partial charge in [0.05, 0.1) is 21.8 Å². The molecule has 6 heteroatoms. The van der Waals surface area contributed by atoms with Gasteiger partial charge in [-0.1, -0.05) is 40.5 Å². The number of carbonyl (C=O) groups excluding carboxylic acids is 1. The van der Waals surface area contributed by atoms with E-state index in [0.29, 0.717) is 30.2 Å². The molecule has 1 N–H and O–H groups in total. The average Bonchev–Trinajstić information content (AvgIpc) is 2.55. The number of halogens is 3. The molecule has 0 unspecified atom stereocenters. The van der Waals surface area contributed by atoms with E-state index in [0.717, 1.165) is 21.1 Å². The number of carbonyl (C=O) groups is 1. The van der Waals surface area contributed by atoms with Crippen molar-refractivity contribution in [1.29, 1.82) is 0 Å². The molecule has 3 nitrogen and oxygen atoms in total. The molecule has 2 aromatic rings. The van der Waals surface area contributed by atoms with Crippen LogP contribution in [-0.4, -0.2) is 12.5 Å². The van der Waals surface area contributed by atoms with Gasteiger partial charge in [0.25, 0.3) is 0 Å². The van der Waals surface area contributed by atoms with Crippen LogP contribution in [-0.2, 0) is 11.2 Å². The third-order valence-corrected chi connectivity index (χ3v) is 4.84. The highest BCUT2D eigenvalue weighted by atomic mass is 79.9. The molecule has 0 radical (unpaired) electrons. The van der Waals surface area contributed by atoms with Crippen molar-refractivity contribution in [3.63, 3.8) is 0 Å². The van der Waals surface area contributed by atoms with E-state index in [4.69, 9.17) is 16.3 Å². The van der Waals surface area contributed by atoms with E-state index < -0.39 is 0 Å². The fourth-order valence-corrected chi connectivity index (χ4v) is 3.36. The lowest BCUT2D eigenvalue weighted by Crippen LogP contribution is -2.13. The van der Waals surface area contributed by atoms with Gasteiger partial charge < -0.3 is 10.1 Å². The Balaban J connectivity index is 1.76. The molecule has 0 aliphatic rings. The maximum absolute atomic E-state index is 12.0. The van der Waals surface area contributed by atoms with Crippen LogP contribution in [0.1, 0.15) is 25.3 Å². The van der Waals surface area contributed by atoms with E-state index in [1.165, 1.54) is 5.56 Å².